The first-order valence-corrected chi connectivity index (χ1v) is 7.61. The van der Waals surface area contributed by atoms with E-state index in [9.17, 15) is 0 Å². The highest BCUT2D eigenvalue weighted by molar-refractivity contribution is 9.10. The van der Waals surface area contributed by atoms with Gasteiger partial charge < -0.3 is 5.73 Å². The van der Waals surface area contributed by atoms with Crippen LogP contribution >= 0.6 is 15.9 Å². The van der Waals surface area contributed by atoms with E-state index in [4.69, 9.17) is 5.73 Å². The van der Waals surface area contributed by atoms with Gasteiger partial charge in [0.25, 0.3) is 0 Å². The summed E-state index contributed by atoms with van der Waals surface area (Å²) >= 11 is 3.45. The molecule has 1 aromatic carbocycles. The summed E-state index contributed by atoms with van der Waals surface area (Å²) in [5.74, 6) is 0. The average Bonchev–Trinajstić information content (AvgIpc) is 2.37. The second kappa shape index (κ2) is 6.06. The lowest BCUT2D eigenvalue weighted by molar-refractivity contribution is 0.568. The van der Waals surface area contributed by atoms with Crippen LogP contribution in [0.1, 0.15) is 43.5 Å². The van der Waals surface area contributed by atoms with Gasteiger partial charge in [0.1, 0.15) is 0 Å². The van der Waals surface area contributed by atoms with Gasteiger partial charge in [0, 0.05) is 22.9 Å². The molecule has 0 spiro atoms. The van der Waals surface area contributed by atoms with Crippen molar-refractivity contribution < 1.29 is 0 Å². The molecule has 1 aromatic heterocycles. The lowest BCUT2D eigenvalue weighted by Gasteiger charge is -2.26. The Morgan fingerprint density at radius 2 is 1.90 bits per heavy atom. The number of benzene rings is 1. The van der Waals surface area contributed by atoms with Crippen LogP contribution in [0.15, 0.2) is 47.2 Å². The molecule has 2 rings (SSSR count). The van der Waals surface area contributed by atoms with Crippen LogP contribution in [-0.2, 0) is 11.8 Å². The molecule has 0 aliphatic heterocycles. The summed E-state index contributed by atoms with van der Waals surface area (Å²) in [4.78, 5) is 4.20. The van der Waals surface area contributed by atoms with Crippen molar-refractivity contribution in [2.24, 2.45) is 5.73 Å². The Morgan fingerprint density at radius 1 is 1.20 bits per heavy atom. The molecule has 0 aliphatic rings. The Kier molecular flexibility index (Phi) is 4.61. The van der Waals surface area contributed by atoms with Gasteiger partial charge in [-0.15, -0.1) is 0 Å². The molecule has 0 bridgehead atoms. The zero-order chi connectivity index (χ0) is 14.8. The van der Waals surface area contributed by atoms with Gasteiger partial charge >= 0.3 is 0 Å². The molecule has 3 heteroatoms. The fraction of sp³-hybridized carbons (Fsp3) is 0.353. The first-order chi connectivity index (χ1) is 9.38. The van der Waals surface area contributed by atoms with Crippen LogP contribution in [0.2, 0.25) is 0 Å². The number of hydrogen-bond acceptors (Lipinski definition) is 2. The number of rotatable bonds is 3. The van der Waals surface area contributed by atoms with Gasteiger partial charge in [-0.05, 0) is 50.5 Å². The number of hydrogen-bond donors (Lipinski definition) is 1. The van der Waals surface area contributed by atoms with E-state index in [1.165, 1.54) is 11.1 Å². The minimum Gasteiger partial charge on any atom is -0.324 e. The third kappa shape index (κ3) is 3.68. The first kappa shape index (κ1) is 15.2. The molecule has 1 unspecified atom stereocenters. The maximum Gasteiger partial charge on any atom is 0.0410 e. The summed E-state index contributed by atoms with van der Waals surface area (Å²) < 4.78 is 0.992. The summed E-state index contributed by atoms with van der Waals surface area (Å²) in [6.45, 7) is 6.66. The highest BCUT2D eigenvalue weighted by Gasteiger charge is 2.20. The number of halogens is 1. The van der Waals surface area contributed by atoms with Crippen molar-refractivity contribution in [1.82, 2.24) is 4.98 Å². The topological polar surface area (TPSA) is 38.9 Å². The number of pyridine rings is 1. The zero-order valence-corrected chi connectivity index (χ0v) is 13.8. The predicted molar refractivity (Wildman–Crippen MR) is 87.7 cm³/mol. The van der Waals surface area contributed by atoms with E-state index in [2.05, 4.69) is 72.0 Å². The van der Waals surface area contributed by atoms with Crippen LogP contribution in [0.25, 0.3) is 0 Å². The van der Waals surface area contributed by atoms with Gasteiger partial charge in [-0.3, -0.25) is 4.98 Å². The Morgan fingerprint density at radius 3 is 2.55 bits per heavy atom. The van der Waals surface area contributed by atoms with E-state index < -0.39 is 0 Å². The summed E-state index contributed by atoms with van der Waals surface area (Å²) in [5.41, 5.74) is 10.2. The van der Waals surface area contributed by atoms with Gasteiger partial charge in [0.05, 0.1) is 0 Å². The van der Waals surface area contributed by atoms with Crippen molar-refractivity contribution in [2.75, 3.05) is 0 Å². The summed E-state index contributed by atoms with van der Waals surface area (Å²) in [6, 6.07) is 10.5. The first-order valence-electron chi connectivity index (χ1n) is 6.82. The van der Waals surface area contributed by atoms with Crippen molar-refractivity contribution in [1.29, 1.82) is 0 Å². The van der Waals surface area contributed by atoms with E-state index in [1.54, 1.807) is 6.20 Å². The molecule has 0 radical (unpaired) electrons. The molecule has 2 aromatic rings. The lowest BCUT2D eigenvalue weighted by atomic mass is 9.81. The van der Waals surface area contributed by atoms with Crippen molar-refractivity contribution in [2.45, 2.75) is 38.6 Å². The Hall–Kier alpha value is -1.19. The number of nitrogens with two attached hydrogens (primary N) is 1. The van der Waals surface area contributed by atoms with Crippen molar-refractivity contribution >= 4 is 15.9 Å². The molecule has 0 saturated heterocycles. The Balaban J connectivity index is 2.28. The number of nitrogens with zero attached hydrogens (tertiary/aromatic N) is 1. The highest BCUT2D eigenvalue weighted by Crippen LogP contribution is 2.30. The standard InChI is InChI=1S/C17H21BrN2/c1-17(2,3)15-7-5-4-6-14(15)16(19)9-12-8-13(18)11-20-10-12/h4-8,10-11,16H,9,19H2,1-3H3. The number of aromatic nitrogens is 1. The van der Waals surface area contributed by atoms with Crippen molar-refractivity contribution in [3.8, 4) is 0 Å². The quantitative estimate of drug-likeness (QED) is 0.905. The minimum absolute atomic E-state index is 0.0125. The van der Waals surface area contributed by atoms with Crippen LogP contribution in [0.4, 0.5) is 0 Å². The second-order valence-corrected chi connectivity index (χ2v) is 7.07. The van der Waals surface area contributed by atoms with Crippen LogP contribution in [0.5, 0.6) is 0 Å². The molecule has 106 valence electrons. The third-order valence-corrected chi connectivity index (χ3v) is 3.82. The van der Waals surface area contributed by atoms with Crippen molar-refractivity contribution in [3.05, 3.63) is 63.9 Å². The SMILES string of the molecule is CC(C)(C)c1ccccc1C(N)Cc1cncc(Br)c1. The monoisotopic (exact) mass is 332 g/mol. The molecule has 20 heavy (non-hydrogen) atoms. The van der Waals surface area contributed by atoms with E-state index >= 15 is 0 Å². The molecular formula is C17H21BrN2. The molecule has 2 nitrogen and oxygen atoms in total. The molecule has 1 atom stereocenters. The molecule has 2 N–H and O–H groups in total. The van der Waals surface area contributed by atoms with Crippen molar-refractivity contribution in [3.63, 3.8) is 0 Å². The summed E-state index contributed by atoms with van der Waals surface area (Å²) in [6.07, 6.45) is 4.46. The molecule has 0 aliphatic carbocycles. The molecule has 0 saturated carbocycles. The van der Waals surface area contributed by atoms with Gasteiger partial charge in [0.15, 0.2) is 0 Å². The smallest absolute Gasteiger partial charge is 0.0410 e. The molecule has 0 fully saturated rings. The van der Waals surface area contributed by atoms with Crippen LogP contribution in [0, 0.1) is 0 Å². The minimum atomic E-state index is -0.0125. The second-order valence-electron chi connectivity index (χ2n) is 6.16. The van der Waals surface area contributed by atoms with Gasteiger partial charge in [-0.1, -0.05) is 45.0 Å². The fourth-order valence-electron chi connectivity index (χ4n) is 2.43. The Labute approximate surface area is 129 Å². The van der Waals surface area contributed by atoms with E-state index in [-0.39, 0.29) is 11.5 Å². The maximum atomic E-state index is 6.43. The largest absolute Gasteiger partial charge is 0.324 e. The van der Waals surface area contributed by atoms with Gasteiger partial charge in [0.2, 0.25) is 0 Å². The summed E-state index contributed by atoms with van der Waals surface area (Å²) in [5, 5.41) is 0. The molecular weight excluding hydrogens is 312 g/mol. The van der Waals surface area contributed by atoms with Gasteiger partial charge in [-0.25, -0.2) is 0 Å². The van der Waals surface area contributed by atoms with E-state index in [0.717, 1.165) is 16.5 Å². The highest BCUT2D eigenvalue weighted by atomic mass is 79.9. The van der Waals surface area contributed by atoms with Crippen LogP contribution in [0.3, 0.4) is 0 Å². The predicted octanol–water partition coefficient (Wildman–Crippen LogP) is 4.38. The normalized spacial score (nSPS) is 13.2. The third-order valence-electron chi connectivity index (χ3n) is 3.39. The fourth-order valence-corrected chi connectivity index (χ4v) is 2.85. The lowest BCUT2D eigenvalue weighted by Crippen LogP contribution is -2.21. The average molecular weight is 333 g/mol. The maximum absolute atomic E-state index is 6.43. The van der Waals surface area contributed by atoms with Gasteiger partial charge in [-0.2, -0.15) is 0 Å². The van der Waals surface area contributed by atoms with E-state index in [0.29, 0.717) is 0 Å². The van der Waals surface area contributed by atoms with Crippen LogP contribution in [-0.4, -0.2) is 4.98 Å². The van der Waals surface area contributed by atoms with Crippen LogP contribution < -0.4 is 5.73 Å². The molecule has 0 amide bonds. The summed E-state index contributed by atoms with van der Waals surface area (Å²) in [7, 11) is 0. The molecule has 1 heterocycles. The zero-order valence-electron chi connectivity index (χ0n) is 12.2. The van der Waals surface area contributed by atoms with E-state index in [1.807, 2.05) is 6.20 Å². The Bertz CT molecular complexity index is 588.